The molecule has 1 N–H and O–H groups in total. The molecule has 1 atom stereocenters. The average Bonchev–Trinajstić information content (AvgIpc) is 3.37. The number of ketones is 1. The lowest BCUT2D eigenvalue weighted by atomic mass is 9.99. The number of carbonyl (C=O) groups excluding carboxylic acids is 2. The van der Waals surface area contributed by atoms with Gasteiger partial charge in [0.1, 0.15) is 23.3 Å². The average molecular weight is 503 g/mol. The van der Waals surface area contributed by atoms with E-state index in [0.717, 1.165) is 5.56 Å². The van der Waals surface area contributed by atoms with Crippen molar-refractivity contribution in [1.82, 2.24) is 0 Å². The van der Waals surface area contributed by atoms with Gasteiger partial charge in [0.25, 0.3) is 11.7 Å². The highest BCUT2D eigenvalue weighted by Crippen LogP contribution is 2.43. The summed E-state index contributed by atoms with van der Waals surface area (Å²) in [5.41, 5.74) is 1.53. The number of halogens is 2. The molecule has 31 heavy (non-hydrogen) atoms. The number of ether oxygens (including phenoxy) is 1. The van der Waals surface area contributed by atoms with E-state index in [9.17, 15) is 14.7 Å². The summed E-state index contributed by atoms with van der Waals surface area (Å²) in [7, 11) is 1.52. The van der Waals surface area contributed by atoms with Crippen LogP contribution in [0.4, 0.5) is 5.69 Å². The van der Waals surface area contributed by atoms with Gasteiger partial charge in [-0.2, -0.15) is 0 Å². The Hall–Kier alpha value is -3.03. The first-order valence-corrected chi connectivity index (χ1v) is 10.4. The van der Waals surface area contributed by atoms with E-state index >= 15 is 0 Å². The first kappa shape index (κ1) is 21.2. The molecule has 0 bridgehead atoms. The molecule has 8 heteroatoms. The van der Waals surface area contributed by atoms with Gasteiger partial charge in [-0.15, -0.1) is 0 Å². The molecule has 1 aliphatic rings. The fourth-order valence-electron chi connectivity index (χ4n) is 3.52. The van der Waals surface area contributed by atoms with E-state index in [2.05, 4.69) is 15.9 Å². The zero-order valence-electron chi connectivity index (χ0n) is 16.6. The molecule has 1 saturated heterocycles. The van der Waals surface area contributed by atoms with Gasteiger partial charge in [-0.25, -0.2) is 0 Å². The van der Waals surface area contributed by atoms with Crippen molar-refractivity contribution in [1.29, 1.82) is 0 Å². The Morgan fingerprint density at radius 2 is 1.97 bits per heavy atom. The molecule has 1 unspecified atom stereocenters. The third kappa shape index (κ3) is 3.64. The van der Waals surface area contributed by atoms with Crippen molar-refractivity contribution in [2.45, 2.75) is 13.0 Å². The van der Waals surface area contributed by atoms with Gasteiger partial charge >= 0.3 is 0 Å². The van der Waals surface area contributed by atoms with Crippen molar-refractivity contribution in [3.05, 3.63) is 86.7 Å². The molecular weight excluding hydrogens is 486 g/mol. The molecule has 3 aromatic rings. The number of carbonyl (C=O) groups is 2. The first-order chi connectivity index (χ1) is 14.8. The minimum absolute atomic E-state index is 0.0753. The Kier molecular flexibility index (Phi) is 5.64. The molecular formula is C23H17BrClNO5. The summed E-state index contributed by atoms with van der Waals surface area (Å²) < 4.78 is 11.4. The smallest absolute Gasteiger partial charge is 0.300 e. The molecule has 0 spiro atoms. The lowest BCUT2D eigenvalue weighted by molar-refractivity contribution is -0.132. The fourth-order valence-corrected chi connectivity index (χ4v) is 4.23. The van der Waals surface area contributed by atoms with Crippen LogP contribution in [0.25, 0.3) is 5.76 Å². The molecule has 2 heterocycles. The number of methoxy groups -OCH3 is 1. The Bertz CT molecular complexity index is 1220. The minimum atomic E-state index is -0.949. The summed E-state index contributed by atoms with van der Waals surface area (Å²) in [4.78, 5) is 27.4. The predicted octanol–water partition coefficient (Wildman–Crippen LogP) is 5.64. The number of Topliss-reactive ketones (excluding diaryl/α,β-unsaturated/α-hetero) is 1. The van der Waals surface area contributed by atoms with Crippen LogP contribution in [0.15, 0.2) is 69.3 Å². The summed E-state index contributed by atoms with van der Waals surface area (Å²) in [5, 5.41) is 11.5. The van der Waals surface area contributed by atoms with Crippen LogP contribution < -0.4 is 9.64 Å². The van der Waals surface area contributed by atoms with E-state index in [4.69, 9.17) is 20.8 Å². The number of rotatable bonds is 4. The SMILES string of the molecule is COc1ccc(/C(O)=C2/C(=O)C(=O)N(c3ccc(C)c(Cl)c3)C2c2ccco2)cc1Br. The lowest BCUT2D eigenvalue weighted by Gasteiger charge is -2.23. The van der Waals surface area contributed by atoms with Gasteiger partial charge in [0.2, 0.25) is 0 Å². The second kappa shape index (κ2) is 8.24. The minimum Gasteiger partial charge on any atom is -0.507 e. The number of amides is 1. The van der Waals surface area contributed by atoms with E-state index < -0.39 is 17.7 Å². The largest absolute Gasteiger partial charge is 0.507 e. The van der Waals surface area contributed by atoms with Crippen LogP contribution >= 0.6 is 27.5 Å². The third-order valence-corrected chi connectivity index (χ3v) is 6.14. The maximum atomic E-state index is 13.0. The molecule has 4 rings (SSSR count). The maximum absolute atomic E-state index is 13.0. The number of aliphatic hydroxyl groups is 1. The van der Waals surface area contributed by atoms with Gasteiger partial charge in [-0.05, 0) is 70.9 Å². The summed E-state index contributed by atoms with van der Waals surface area (Å²) >= 11 is 9.64. The lowest BCUT2D eigenvalue weighted by Crippen LogP contribution is -2.29. The molecule has 0 saturated carbocycles. The van der Waals surface area contributed by atoms with Gasteiger partial charge < -0.3 is 14.3 Å². The number of furan rings is 1. The van der Waals surface area contributed by atoms with Crippen molar-refractivity contribution >= 4 is 50.7 Å². The Balaban J connectivity index is 1.91. The third-order valence-electron chi connectivity index (χ3n) is 5.12. The van der Waals surface area contributed by atoms with Crippen LogP contribution in [0.2, 0.25) is 5.02 Å². The van der Waals surface area contributed by atoms with Crippen LogP contribution in [-0.2, 0) is 9.59 Å². The quantitative estimate of drug-likeness (QED) is 0.284. The van der Waals surface area contributed by atoms with Gasteiger partial charge in [0, 0.05) is 16.3 Å². The van der Waals surface area contributed by atoms with Crippen LogP contribution in [0.3, 0.4) is 0 Å². The van der Waals surface area contributed by atoms with Gasteiger partial charge in [0.05, 0.1) is 23.4 Å². The number of nitrogens with zero attached hydrogens (tertiary/aromatic N) is 1. The summed E-state index contributed by atoms with van der Waals surface area (Å²) in [5.74, 6) is -1.01. The molecule has 158 valence electrons. The van der Waals surface area contributed by atoms with E-state index in [1.54, 1.807) is 48.5 Å². The zero-order chi connectivity index (χ0) is 22.3. The topological polar surface area (TPSA) is 80.0 Å². The van der Waals surface area contributed by atoms with E-state index in [-0.39, 0.29) is 11.3 Å². The summed E-state index contributed by atoms with van der Waals surface area (Å²) in [6, 6.07) is 12.3. The Labute approximate surface area is 191 Å². The molecule has 0 aliphatic carbocycles. The van der Waals surface area contributed by atoms with Crippen molar-refractivity contribution < 1.29 is 23.8 Å². The van der Waals surface area contributed by atoms with Crippen LogP contribution in [-0.4, -0.2) is 23.9 Å². The van der Waals surface area contributed by atoms with Crippen LogP contribution in [0, 0.1) is 6.92 Å². The van der Waals surface area contributed by atoms with Crippen molar-refractivity contribution in [2.75, 3.05) is 12.0 Å². The number of hydrogen-bond acceptors (Lipinski definition) is 5. The number of benzene rings is 2. The molecule has 0 radical (unpaired) electrons. The molecule has 2 aromatic carbocycles. The van der Waals surface area contributed by atoms with E-state index in [1.165, 1.54) is 18.3 Å². The second-order valence-electron chi connectivity index (χ2n) is 6.97. The monoisotopic (exact) mass is 501 g/mol. The standard InChI is InChI=1S/C23H17BrClNO5/c1-12-5-7-14(11-16(12)25)26-20(18-4-3-9-31-18)19(22(28)23(26)29)21(27)13-6-8-17(30-2)15(24)10-13/h3-11,20,27H,1-2H3/b21-19-. The van der Waals surface area contributed by atoms with Crippen molar-refractivity contribution in [3.63, 3.8) is 0 Å². The van der Waals surface area contributed by atoms with Crippen LogP contribution in [0.5, 0.6) is 5.75 Å². The number of anilines is 1. The summed E-state index contributed by atoms with van der Waals surface area (Å²) in [6.45, 7) is 1.84. The van der Waals surface area contributed by atoms with Gasteiger partial charge in [0.15, 0.2) is 0 Å². The van der Waals surface area contributed by atoms with Gasteiger partial charge in [-0.1, -0.05) is 17.7 Å². The number of hydrogen-bond donors (Lipinski definition) is 1. The zero-order valence-corrected chi connectivity index (χ0v) is 18.9. The Morgan fingerprint density at radius 1 is 1.19 bits per heavy atom. The van der Waals surface area contributed by atoms with E-state index in [1.807, 2.05) is 6.92 Å². The molecule has 1 fully saturated rings. The Morgan fingerprint density at radius 3 is 2.58 bits per heavy atom. The highest BCUT2D eigenvalue weighted by Gasteiger charge is 2.48. The van der Waals surface area contributed by atoms with Crippen molar-refractivity contribution in [2.24, 2.45) is 0 Å². The van der Waals surface area contributed by atoms with Crippen molar-refractivity contribution in [3.8, 4) is 5.75 Å². The van der Waals surface area contributed by atoms with Gasteiger partial charge in [-0.3, -0.25) is 14.5 Å². The number of aryl methyl sites for hydroxylation is 1. The normalized spacial score (nSPS) is 17.9. The molecule has 1 amide bonds. The second-order valence-corrected chi connectivity index (χ2v) is 8.23. The predicted molar refractivity (Wildman–Crippen MR) is 120 cm³/mol. The highest BCUT2D eigenvalue weighted by atomic mass is 79.9. The molecule has 1 aromatic heterocycles. The molecule has 6 nitrogen and oxygen atoms in total. The first-order valence-electron chi connectivity index (χ1n) is 9.28. The van der Waals surface area contributed by atoms with Crippen LogP contribution in [0.1, 0.15) is 22.9 Å². The number of aliphatic hydroxyl groups excluding tert-OH is 1. The van der Waals surface area contributed by atoms with E-state index in [0.29, 0.717) is 32.3 Å². The maximum Gasteiger partial charge on any atom is 0.300 e. The fraction of sp³-hybridized carbons (Fsp3) is 0.130. The summed E-state index contributed by atoms with van der Waals surface area (Å²) in [6.07, 6.45) is 1.45. The molecule has 1 aliphatic heterocycles. The highest BCUT2D eigenvalue weighted by molar-refractivity contribution is 9.10.